The lowest BCUT2D eigenvalue weighted by molar-refractivity contribution is 0.331. The second-order valence-electron chi connectivity index (χ2n) is 6.22. The molecule has 1 fully saturated rings. The highest BCUT2D eigenvalue weighted by Gasteiger charge is 2.12. The van der Waals surface area contributed by atoms with Crippen molar-refractivity contribution < 1.29 is 0 Å². The van der Waals surface area contributed by atoms with Crippen LogP contribution in [0, 0.1) is 0 Å². The molecule has 0 saturated carbocycles. The van der Waals surface area contributed by atoms with Crippen molar-refractivity contribution in [2.24, 2.45) is 0 Å². The molecule has 0 amide bonds. The molecule has 0 bridgehead atoms. The summed E-state index contributed by atoms with van der Waals surface area (Å²) in [7, 11) is 0. The maximum absolute atomic E-state index is 6.02. The van der Waals surface area contributed by atoms with E-state index in [-0.39, 0.29) is 0 Å². The Labute approximate surface area is 146 Å². The zero-order chi connectivity index (χ0) is 16.4. The number of hydrogen-bond acceptors (Lipinski definition) is 4. The normalized spacial score (nSPS) is 15.0. The van der Waals surface area contributed by atoms with Gasteiger partial charge in [0.15, 0.2) is 0 Å². The lowest BCUT2D eigenvalue weighted by Gasteiger charge is -2.15. The van der Waals surface area contributed by atoms with Gasteiger partial charge in [-0.15, -0.1) is 0 Å². The van der Waals surface area contributed by atoms with E-state index in [0.717, 1.165) is 34.0 Å². The lowest BCUT2D eigenvalue weighted by Crippen LogP contribution is -2.18. The molecule has 4 rings (SSSR count). The predicted octanol–water partition coefficient (Wildman–Crippen LogP) is 4.62. The Bertz CT molecular complexity index is 859. The summed E-state index contributed by atoms with van der Waals surface area (Å²) in [4.78, 5) is 11.4. The second-order valence-corrected chi connectivity index (χ2v) is 6.66. The number of pyridine rings is 2. The van der Waals surface area contributed by atoms with E-state index >= 15 is 0 Å². The van der Waals surface area contributed by atoms with Crippen LogP contribution in [0.4, 0.5) is 11.6 Å². The lowest BCUT2D eigenvalue weighted by atomic mass is 10.2. The molecular formula is C19H19ClN4. The molecule has 4 nitrogen and oxygen atoms in total. The van der Waals surface area contributed by atoms with Gasteiger partial charge >= 0.3 is 0 Å². The van der Waals surface area contributed by atoms with Crippen LogP contribution in [0.5, 0.6) is 0 Å². The molecule has 0 radical (unpaired) electrons. The van der Waals surface area contributed by atoms with E-state index in [4.69, 9.17) is 11.6 Å². The Morgan fingerprint density at radius 1 is 0.958 bits per heavy atom. The van der Waals surface area contributed by atoms with Crippen LogP contribution < -0.4 is 5.32 Å². The Morgan fingerprint density at radius 3 is 2.67 bits per heavy atom. The van der Waals surface area contributed by atoms with E-state index in [1.807, 2.05) is 36.7 Å². The summed E-state index contributed by atoms with van der Waals surface area (Å²) >= 11 is 6.02. The highest BCUT2D eigenvalue weighted by molar-refractivity contribution is 6.31. The quantitative estimate of drug-likeness (QED) is 0.753. The van der Waals surface area contributed by atoms with E-state index in [1.165, 1.54) is 31.5 Å². The first-order valence-electron chi connectivity index (χ1n) is 8.26. The Morgan fingerprint density at radius 2 is 1.79 bits per heavy atom. The maximum Gasteiger partial charge on any atom is 0.132 e. The van der Waals surface area contributed by atoms with E-state index in [2.05, 4.69) is 32.3 Å². The topological polar surface area (TPSA) is 41.0 Å². The zero-order valence-electron chi connectivity index (χ0n) is 13.4. The van der Waals surface area contributed by atoms with Gasteiger partial charge in [-0.05, 0) is 67.2 Å². The minimum atomic E-state index is 0.723. The first kappa shape index (κ1) is 15.4. The fourth-order valence-corrected chi connectivity index (χ4v) is 3.33. The van der Waals surface area contributed by atoms with Gasteiger partial charge in [0, 0.05) is 29.3 Å². The molecular weight excluding hydrogens is 320 g/mol. The number of likely N-dealkylation sites (tertiary alicyclic amines) is 1. The number of hydrogen-bond donors (Lipinski definition) is 1. The highest BCUT2D eigenvalue weighted by Crippen LogP contribution is 2.23. The van der Waals surface area contributed by atoms with E-state index in [0.29, 0.717) is 0 Å². The van der Waals surface area contributed by atoms with Gasteiger partial charge in [-0.3, -0.25) is 4.90 Å². The fraction of sp³-hybridized carbons (Fsp3) is 0.263. The average molecular weight is 339 g/mol. The van der Waals surface area contributed by atoms with Gasteiger partial charge < -0.3 is 5.32 Å². The van der Waals surface area contributed by atoms with Gasteiger partial charge in [0.05, 0.1) is 0 Å². The van der Waals surface area contributed by atoms with Gasteiger partial charge in [-0.25, -0.2) is 9.97 Å². The van der Waals surface area contributed by atoms with Crippen molar-refractivity contribution >= 4 is 34.0 Å². The third-order valence-corrected chi connectivity index (χ3v) is 4.60. The number of aromatic nitrogens is 2. The molecule has 2 aromatic heterocycles. The van der Waals surface area contributed by atoms with Crippen LogP contribution in [-0.4, -0.2) is 28.0 Å². The average Bonchev–Trinajstić information content (AvgIpc) is 3.08. The summed E-state index contributed by atoms with van der Waals surface area (Å²) in [6, 6.07) is 12.0. The summed E-state index contributed by atoms with van der Waals surface area (Å²) in [5, 5.41) is 6.16. The number of anilines is 2. The molecule has 5 heteroatoms. The number of benzene rings is 1. The van der Waals surface area contributed by atoms with Gasteiger partial charge in [-0.2, -0.15) is 0 Å². The molecule has 0 aliphatic carbocycles. The number of halogens is 1. The van der Waals surface area contributed by atoms with Crippen molar-refractivity contribution in [1.29, 1.82) is 0 Å². The summed E-state index contributed by atoms with van der Waals surface area (Å²) in [6.45, 7) is 3.38. The molecule has 1 aliphatic rings. The van der Waals surface area contributed by atoms with Crippen LogP contribution in [0.3, 0.4) is 0 Å². The van der Waals surface area contributed by atoms with Crippen molar-refractivity contribution in [3.8, 4) is 0 Å². The summed E-state index contributed by atoms with van der Waals surface area (Å²) in [6.07, 6.45) is 6.30. The van der Waals surface area contributed by atoms with Gasteiger partial charge in [0.25, 0.3) is 0 Å². The molecule has 1 aliphatic heterocycles. The summed E-state index contributed by atoms with van der Waals surface area (Å²) in [5.74, 6) is 1.61. The predicted molar refractivity (Wildman–Crippen MR) is 98.8 cm³/mol. The van der Waals surface area contributed by atoms with Crippen LogP contribution in [0.1, 0.15) is 18.4 Å². The molecule has 24 heavy (non-hydrogen) atoms. The van der Waals surface area contributed by atoms with Gasteiger partial charge in [-0.1, -0.05) is 17.7 Å². The van der Waals surface area contributed by atoms with E-state index in [1.54, 1.807) is 0 Å². The maximum atomic E-state index is 6.02. The van der Waals surface area contributed by atoms with E-state index in [9.17, 15) is 0 Å². The van der Waals surface area contributed by atoms with Gasteiger partial charge in [0.1, 0.15) is 11.6 Å². The first-order valence-corrected chi connectivity index (χ1v) is 8.64. The molecule has 1 saturated heterocycles. The summed E-state index contributed by atoms with van der Waals surface area (Å²) < 4.78 is 0. The van der Waals surface area contributed by atoms with Crippen molar-refractivity contribution in [3.63, 3.8) is 0 Å². The molecule has 1 N–H and O–H groups in total. The molecule has 0 atom stereocenters. The third-order valence-electron chi connectivity index (χ3n) is 4.37. The van der Waals surface area contributed by atoms with E-state index < -0.39 is 0 Å². The van der Waals surface area contributed by atoms with Crippen LogP contribution in [0.25, 0.3) is 10.8 Å². The second kappa shape index (κ2) is 6.75. The van der Waals surface area contributed by atoms with Crippen LogP contribution in [0.15, 0.2) is 48.8 Å². The minimum Gasteiger partial charge on any atom is -0.325 e. The fourth-order valence-electron chi connectivity index (χ4n) is 3.15. The number of fused-ring (bicyclic) bond motifs is 1. The number of nitrogens with zero attached hydrogens (tertiary/aromatic N) is 3. The molecule has 0 unspecified atom stereocenters. The SMILES string of the molecule is Clc1ccc2cc(Nc3cc(CN4CCCC4)ccn3)ncc2c1. The number of rotatable bonds is 4. The Kier molecular flexibility index (Phi) is 4.32. The first-order chi connectivity index (χ1) is 11.8. The summed E-state index contributed by atoms with van der Waals surface area (Å²) in [5.41, 5.74) is 1.28. The van der Waals surface area contributed by atoms with Gasteiger partial charge in [0.2, 0.25) is 0 Å². The van der Waals surface area contributed by atoms with Crippen LogP contribution in [-0.2, 0) is 6.54 Å². The molecule has 3 heterocycles. The van der Waals surface area contributed by atoms with Crippen molar-refractivity contribution in [2.75, 3.05) is 18.4 Å². The van der Waals surface area contributed by atoms with Crippen molar-refractivity contribution in [2.45, 2.75) is 19.4 Å². The number of nitrogens with one attached hydrogen (secondary N) is 1. The molecule has 3 aromatic rings. The Hall–Kier alpha value is -2.17. The smallest absolute Gasteiger partial charge is 0.132 e. The Balaban J connectivity index is 1.53. The molecule has 122 valence electrons. The monoisotopic (exact) mass is 338 g/mol. The molecule has 1 aromatic carbocycles. The third kappa shape index (κ3) is 3.50. The highest BCUT2D eigenvalue weighted by atomic mass is 35.5. The molecule has 0 spiro atoms. The van der Waals surface area contributed by atoms with Crippen molar-refractivity contribution in [3.05, 3.63) is 59.4 Å². The minimum absolute atomic E-state index is 0.723. The van der Waals surface area contributed by atoms with Crippen LogP contribution >= 0.6 is 11.6 Å². The largest absolute Gasteiger partial charge is 0.325 e. The van der Waals surface area contributed by atoms with Crippen LogP contribution in [0.2, 0.25) is 5.02 Å². The zero-order valence-corrected chi connectivity index (χ0v) is 14.1. The standard InChI is InChI=1S/C19H19ClN4/c20-17-4-3-15-11-19(22-12-16(15)10-17)23-18-9-14(5-6-21-18)13-24-7-1-2-8-24/h3-6,9-12H,1-2,7-8,13H2,(H,21,22,23). The van der Waals surface area contributed by atoms with Crippen molar-refractivity contribution in [1.82, 2.24) is 14.9 Å².